The van der Waals surface area contributed by atoms with E-state index in [0.717, 1.165) is 32.2 Å². The molecule has 0 aromatic carbocycles. The fraction of sp³-hybridized carbons (Fsp3) is 1.00. The Labute approximate surface area is 118 Å². The Balaban J connectivity index is 1.96. The maximum atomic E-state index is 5.77. The molecule has 1 aliphatic carbocycles. The highest BCUT2D eigenvalue weighted by molar-refractivity contribution is 4.77. The van der Waals surface area contributed by atoms with E-state index in [1.807, 2.05) is 0 Å². The van der Waals surface area contributed by atoms with E-state index in [0.29, 0.717) is 19.3 Å². The Hall–Kier alpha value is -0.160. The van der Waals surface area contributed by atoms with Crippen LogP contribution in [0.3, 0.4) is 0 Å². The van der Waals surface area contributed by atoms with Gasteiger partial charge in [-0.3, -0.25) is 0 Å². The van der Waals surface area contributed by atoms with E-state index in [9.17, 15) is 0 Å². The van der Waals surface area contributed by atoms with Crippen LogP contribution in [0.4, 0.5) is 0 Å². The second-order valence-electron chi connectivity index (χ2n) is 5.33. The fourth-order valence-electron chi connectivity index (χ4n) is 2.71. The summed E-state index contributed by atoms with van der Waals surface area (Å²) in [5, 5.41) is 3.42. The van der Waals surface area contributed by atoms with E-state index in [2.05, 4.69) is 12.4 Å². The summed E-state index contributed by atoms with van der Waals surface area (Å²) in [5.41, 5.74) is 0. The lowest BCUT2D eigenvalue weighted by Crippen LogP contribution is -2.38. The van der Waals surface area contributed by atoms with Crippen LogP contribution in [0.25, 0.3) is 0 Å². The minimum absolute atomic E-state index is 0.523. The van der Waals surface area contributed by atoms with Crippen molar-refractivity contribution in [2.45, 2.75) is 44.6 Å². The van der Waals surface area contributed by atoms with Crippen LogP contribution < -0.4 is 5.32 Å². The molecule has 19 heavy (non-hydrogen) atoms. The first-order valence-corrected chi connectivity index (χ1v) is 7.70. The Bertz CT molecular complexity index is 196. The molecule has 0 aromatic rings. The molecule has 114 valence electrons. The maximum absolute atomic E-state index is 5.77. The zero-order valence-corrected chi connectivity index (χ0v) is 12.7. The number of hydrogen-bond donors (Lipinski definition) is 1. The number of nitrogens with one attached hydrogen (secondary N) is 1. The number of hydrogen-bond acceptors (Lipinski definition) is 4. The van der Waals surface area contributed by atoms with E-state index in [4.69, 9.17) is 14.2 Å². The highest BCUT2D eigenvalue weighted by atomic mass is 16.5. The number of rotatable bonds is 11. The average Bonchev–Trinajstić information content (AvgIpc) is 2.47. The van der Waals surface area contributed by atoms with Gasteiger partial charge in [-0.2, -0.15) is 0 Å². The normalized spacial score (nSPS) is 18.6. The van der Waals surface area contributed by atoms with E-state index in [1.165, 1.54) is 32.1 Å². The highest BCUT2D eigenvalue weighted by Crippen LogP contribution is 2.26. The van der Waals surface area contributed by atoms with E-state index < -0.39 is 0 Å². The standard InChI is InChI=1S/C15H31NO3/c1-16-15(14-7-4-3-5-8-14)13-19-10-6-9-18-12-11-17-2/h14-16H,3-13H2,1-2H3. The molecule has 0 saturated heterocycles. The summed E-state index contributed by atoms with van der Waals surface area (Å²) in [6, 6.07) is 0.523. The van der Waals surface area contributed by atoms with Gasteiger partial charge in [-0.05, 0) is 32.2 Å². The largest absolute Gasteiger partial charge is 0.382 e. The summed E-state index contributed by atoms with van der Waals surface area (Å²) in [4.78, 5) is 0. The molecular weight excluding hydrogens is 242 g/mol. The van der Waals surface area contributed by atoms with Gasteiger partial charge in [0.1, 0.15) is 0 Å². The summed E-state index contributed by atoms with van der Waals surface area (Å²) in [6.45, 7) is 3.73. The zero-order valence-electron chi connectivity index (χ0n) is 12.7. The van der Waals surface area contributed by atoms with Crippen molar-refractivity contribution in [3.63, 3.8) is 0 Å². The molecular formula is C15H31NO3. The van der Waals surface area contributed by atoms with Crippen LogP contribution in [0, 0.1) is 5.92 Å². The zero-order chi connectivity index (χ0) is 13.8. The Kier molecular flexibility index (Phi) is 10.4. The first kappa shape index (κ1) is 16.9. The van der Waals surface area contributed by atoms with Crippen molar-refractivity contribution in [1.29, 1.82) is 0 Å². The second-order valence-corrected chi connectivity index (χ2v) is 5.33. The minimum Gasteiger partial charge on any atom is -0.382 e. The third-order valence-electron chi connectivity index (χ3n) is 3.90. The van der Waals surface area contributed by atoms with Crippen LogP contribution >= 0.6 is 0 Å². The van der Waals surface area contributed by atoms with E-state index >= 15 is 0 Å². The smallest absolute Gasteiger partial charge is 0.0700 e. The predicted molar refractivity (Wildman–Crippen MR) is 77.6 cm³/mol. The van der Waals surface area contributed by atoms with Crippen LogP contribution in [0.2, 0.25) is 0 Å². The fourth-order valence-corrected chi connectivity index (χ4v) is 2.71. The van der Waals surface area contributed by atoms with Gasteiger partial charge < -0.3 is 19.5 Å². The molecule has 0 spiro atoms. The molecule has 0 aliphatic heterocycles. The van der Waals surface area contributed by atoms with Crippen molar-refractivity contribution >= 4 is 0 Å². The second kappa shape index (κ2) is 11.6. The molecule has 1 fully saturated rings. The van der Waals surface area contributed by atoms with Crippen LogP contribution in [-0.4, -0.2) is 53.2 Å². The van der Waals surface area contributed by atoms with Gasteiger partial charge in [-0.1, -0.05) is 19.3 Å². The summed E-state index contributed by atoms with van der Waals surface area (Å²) < 4.78 is 16.1. The molecule has 1 aliphatic rings. The molecule has 0 amide bonds. The van der Waals surface area contributed by atoms with Gasteiger partial charge in [0.05, 0.1) is 19.8 Å². The number of likely N-dealkylation sites (N-methyl/N-ethyl adjacent to an activating group) is 1. The van der Waals surface area contributed by atoms with E-state index in [1.54, 1.807) is 7.11 Å². The Morgan fingerprint density at radius 3 is 2.42 bits per heavy atom. The van der Waals surface area contributed by atoms with Crippen molar-refractivity contribution in [2.75, 3.05) is 47.2 Å². The third-order valence-corrected chi connectivity index (χ3v) is 3.90. The van der Waals surface area contributed by atoms with Crippen LogP contribution in [0.1, 0.15) is 38.5 Å². The number of methoxy groups -OCH3 is 1. The summed E-state index contributed by atoms with van der Waals surface area (Å²) in [7, 11) is 3.74. The van der Waals surface area contributed by atoms with Crippen LogP contribution in [-0.2, 0) is 14.2 Å². The monoisotopic (exact) mass is 273 g/mol. The molecule has 1 N–H and O–H groups in total. The summed E-state index contributed by atoms with van der Waals surface area (Å²) in [6.07, 6.45) is 7.85. The van der Waals surface area contributed by atoms with Crippen LogP contribution in [0.5, 0.6) is 0 Å². The first-order valence-electron chi connectivity index (χ1n) is 7.70. The lowest BCUT2D eigenvalue weighted by molar-refractivity contribution is 0.0422. The maximum Gasteiger partial charge on any atom is 0.0700 e. The van der Waals surface area contributed by atoms with Crippen molar-refractivity contribution in [3.8, 4) is 0 Å². The Morgan fingerprint density at radius 1 is 1.00 bits per heavy atom. The minimum atomic E-state index is 0.523. The van der Waals surface area contributed by atoms with Gasteiger partial charge in [0.2, 0.25) is 0 Å². The van der Waals surface area contributed by atoms with Gasteiger partial charge in [-0.15, -0.1) is 0 Å². The SMILES string of the molecule is CNC(COCCCOCCOC)C1CCCCC1. The number of ether oxygens (including phenoxy) is 3. The lowest BCUT2D eigenvalue weighted by Gasteiger charge is -2.29. The summed E-state index contributed by atoms with van der Waals surface area (Å²) >= 11 is 0. The molecule has 0 heterocycles. The quantitative estimate of drug-likeness (QED) is 0.586. The first-order chi connectivity index (χ1) is 9.38. The Morgan fingerprint density at radius 2 is 1.74 bits per heavy atom. The molecule has 4 heteroatoms. The van der Waals surface area contributed by atoms with Crippen molar-refractivity contribution in [2.24, 2.45) is 5.92 Å². The van der Waals surface area contributed by atoms with Gasteiger partial charge in [-0.25, -0.2) is 0 Å². The molecule has 1 saturated carbocycles. The summed E-state index contributed by atoms with van der Waals surface area (Å²) in [5.74, 6) is 0.803. The van der Waals surface area contributed by atoms with Gasteiger partial charge in [0.15, 0.2) is 0 Å². The van der Waals surface area contributed by atoms with E-state index in [-0.39, 0.29) is 0 Å². The van der Waals surface area contributed by atoms with Crippen LogP contribution in [0.15, 0.2) is 0 Å². The molecule has 0 bridgehead atoms. The van der Waals surface area contributed by atoms with Gasteiger partial charge in [0, 0.05) is 26.4 Å². The predicted octanol–water partition coefficient (Wildman–Crippen LogP) is 2.22. The lowest BCUT2D eigenvalue weighted by atomic mass is 9.84. The molecule has 4 nitrogen and oxygen atoms in total. The molecule has 1 unspecified atom stereocenters. The van der Waals surface area contributed by atoms with Crippen molar-refractivity contribution < 1.29 is 14.2 Å². The van der Waals surface area contributed by atoms with Crippen molar-refractivity contribution in [3.05, 3.63) is 0 Å². The molecule has 1 rings (SSSR count). The highest BCUT2D eigenvalue weighted by Gasteiger charge is 2.22. The molecule has 0 radical (unpaired) electrons. The van der Waals surface area contributed by atoms with Gasteiger partial charge >= 0.3 is 0 Å². The third kappa shape index (κ3) is 7.88. The van der Waals surface area contributed by atoms with Gasteiger partial charge in [0.25, 0.3) is 0 Å². The average molecular weight is 273 g/mol. The molecule has 0 aromatic heterocycles. The molecule has 1 atom stereocenters. The topological polar surface area (TPSA) is 39.7 Å². The van der Waals surface area contributed by atoms with Crippen molar-refractivity contribution in [1.82, 2.24) is 5.32 Å².